The Morgan fingerprint density at radius 1 is 1.18 bits per heavy atom. The number of nitrogens with zero attached hydrogens (tertiary/aromatic N) is 1. The van der Waals surface area contributed by atoms with Crippen LogP contribution in [-0.2, 0) is 11.2 Å². The first kappa shape index (κ1) is 19.3. The largest absolute Gasteiger partial charge is 0.497 e. The lowest BCUT2D eigenvalue weighted by atomic mass is 10.2. The number of benzene rings is 1. The highest BCUT2D eigenvalue weighted by Crippen LogP contribution is 2.18. The first-order valence-corrected chi connectivity index (χ1v) is 9.30. The molecule has 8 nitrogen and oxygen atoms in total. The third kappa shape index (κ3) is 5.04. The van der Waals surface area contributed by atoms with E-state index in [1.807, 2.05) is 0 Å². The van der Waals surface area contributed by atoms with Gasteiger partial charge in [0, 0.05) is 23.7 Å². The fourth-order valence-electron chi connectivity index (χ4n) is 2.38. The summed E-state index contributed by atoms with van der Waals surface area (Å²) >= 11 is 1.24. The van der Waals surface area contributed by atoms with E-state index in [0.29, 0.717) is 28.7 Å². The number of thiazole rings is 1. The average Bonchev–Trinajstić information content (AvgIpc) is 3.14. The van der Waals surface area contributed by atoms with E-state index in [2.05, 4.69) is 20.6 Å². The number of aromatic nitrogens is 2. The summed E-state index contributed by atoms with van der Waals surface area (Å²) in [4.78, 5) is 42.6. The van der Waals surface area contributed by atoms with Crippen molar-refractivity contribution in [2.45, 2.75) is 12.8 Å². The van der Waals surface area contributed by atoms with Gasteiger partial charge in [-0.25, -0.2) is 4.98 Å². The van der Waals surface area contributed by atoms with E-state index in [-0.39, 0.29) is 17.9 Å². The Morgan fingerprint density at radius 3 is 2.68 bits per heavy atom. The van der Waals surface area contributed by atoms with Crippen LogP contribution in [0.1, 0.15) is 22.5 Å². The molecule has 0 aliphatic carbocycles. The van der Waals surface area contributed by atoms with Gasteiger partial charge in [0.2, 0.25) is 5.91 Å². The van der Waals surface area contributed by atoms with Crippen molar-refractivity contribution in [2.75, 3.05) is 17.7 Å². The molecule has 9 heteroatoms. The monoisotopic (exact) mass is 398 g/mol. The highest BCUT2D eigenvalue weighted by atomic mass is 32.1. The molecule has 0 unspecified atom stereocenters. The maximum Gasteiger partial charge on any atom is 0.263 e. The molecule has 3 rings (SSSR count). The summed E-state index contributed by atoms with van der Waals surface area (Å²) in [7, 11) is 1.58. The molecule has 28 heavy (non-hydrogen) atoms. The van der Waals surface area contributed by atoms with Gasteiger partial charge in [-0.05, 0) is 42.8 Å². The Balaban J connectivity index is 1.51. The zero-order valence-corrected chi connectivity index (χ0v) is 15.8. The van der Waals surface area contributed by atoms with Crippen LogP contribution < -0.4 is 20.9 Å². The summed E-state index contributed by atoms with van der Waals surface area (Å²) in [5.41, 5.74) is 0.919. The third-order valence-corrected chi connectivity index (χ3v) is 4.62. The zero-order valence-electron chi connectivity index (χ0n) is 15.0. The molecule has 0 radical (unpaired) electrons. The van der Waals surface area contributed by atoms with Gasteiger partial charge in [-0.2, -0.15) is 0 Å². The number of aromatic amines is 1. The van der Waals surface area contributed by atoms with E-state index in [1.54, 1.807) is 42.8 Å². The van der Waals surface area contributed by atoms with Gasteiger partial charge in [0.05, 0.1) is 12.8 Å². The molecule has 0 fully saturated rings. The van der Waals surface area contributed by atoms with Crippen LogP contribution in [0.5, 0.6) is 5.75 Å². The van der Waals surface area contributed by atoms with Crippen LogP contribution in [-0.4, -0.2) is 28.9 Å². The predicted octanol–water partition coefficient (Wildman–Crippen LogP) is 2.66. The van der Waals surface area contributed by atoms with Gasteiger partial charge in [-0.3, -0.25) is 19.7 Å². The van der Waals surface area contributed by atoms with E-state index in [4.69, 9.17) is 4.74 Å². The van der Waals surface area contributed by atoms with Gasteiger partial charge < -0.3 is 15.0 Å². The SMILES string of the molecule is COc1ccc(NC(=O)CCc2csc(NC(=O)c3ccc[nH]c3=O)n2)cc1. The number of ether oxygens (including phenoxy) is 1. The molecule has 2 amide bonds. The molecule has 0 atom stereocenters. The molecule has 2 heterocycles. The van der Waals surface area contributed by atoms with Gasteiger partial charge in [-0.1, -0.05) is 0 Å². The second kappa shape index (κ2) is 8.96. The van der Waals surface area contributed by atoms with Crippen molar-refractivity contribution in [3.8, 4) is 5.75 Å². The minimum absolute atomic E-state index is 0.0121. The number of rotatable bonds is 7. The van der Waals surface area contributed by atoms with E-state index in [9.17, 15) is 14.4 Å². The summed E-state index contributed by atoms with van der Waals surface area (Å²) in [6.07, 6.45) is 2.14. The van der Waals surface area contributed by atoms with E-state index in [1.165, 1.54) is 23.6 Å². The number of carbonyl (C=O) groups excluding carboxylic acids is 2. The molecule has 2 aromatic heterocycles. The number of carbonyl (C=O) groups is 2. The van der Waals surface area contributed by atoms with Crippen LogP contribution in [0.2, 0.25) is 0 Å². The Kier molecular flexibility index (Phi) is 6.18. The normalized spacial score (nSPS) is 10.3. The van der Waals surface area contributed by atoms with Crippen LogP contribution in [0.15, 0.2) is 52.8 Å². The second-order valence-electron chi connectivity index (χ2n) is 5.79. The molecule has 0 saturated carbocycles. The maximum atomic E-state index is 12.1. The maximum absolute atomic E-state index is 12.1. The van der Waals surface area contributed by atoms with Crippen molar-refractivity contribution in [3.05, 3.63) is 69.6 Å². The summed E-state index contributed by atoms with van der Waals surface area (Å²) in [6.45, 7) is 0. The predicted molar refractivity (Wildman–Crippen MR) is 107 cm³/mol. The molecule has 3 aromatic rings. The van der Waals surface area contributed by atoms with Crippen molar-refractivity contribution in [2.24, 2.45) is 0 Å². The first-order valence-electron chi connectivity index (χ1n) is 8.42. The number of aryl methyl sites for hydroxylation is 1. The molecule has 3 N–H and O–H groups in total. The summed E-state index contributed by atoms with van der Waals surface area (Å²) in [5, 5.41) is 7.54. The molecular formula is C19H18N4O4S. The first-order chi connectivity index (χ1) is 13.5. The number of anilines is 2. The van der Waals surface area contributed by atoms with Crippen LogP contribution in [0.25, 0.3) is 0 Å². The third-order valence-electron chi connectivity index (χ3n) is 3.82. The number of H-pyrrole nitrogens is 1. The lowest BCUT2D eigenvalue weighted by molar-refractivity contribution is -0.116. The lowest BCUT2D eigenvalue weighted by Crippen LogP contribution is -2.22. The minimum atomic E-state index is -0.528. The number of pyridine rings is 1. The van der Waals surface area contributed by atoms with Gasteiger partial charge in [0.15, 0.2) is 5.13 Å². The van der Waals surface area contributed by atoms with E-state index < -0.39 is 11.5 Å². The van der Waals surface area contributed by atoms with E-state index >= 15 is 0 Å². The summed E-state index contributed by atoms with van der Waals surface area (Å²) in [6, 6.07) is 10.1. The molecule has 0 spiro atoms. The standard InChI is InChI=1S/C19H18N4O4S/c1-27-14-7-4-12(5-8-14)21-16(24)9-6-13-11-28-19(22-13)23-18(26)15-3-2-10-20-17(15)25/h2-5,7-8,10-11H,6,9H2,1H3,(H,20,25)(H,21,24)(H,22,23,26). The van der Waals surface area contributed by atoms with Gasteiger partial charge >= 0.3 is 0 Å². The zero-order chi connectivity index (χ0) is 19.9. The smallest absolute Gasteiger partial charge is 0.263 e. The Hall–Kier alpha value is -3.46. The van der Waals surface area contributed by atoms with E-state index in [0.717, 1.165) is 0 Å². The molecule has 144 valence electrons. The topological polar surface area (TPSA) is 113 Å². The van der Waals surface area contributed by atoms with Gasteiger partial charge in [0.1, 0.15) is 11.3 Å². The quantitative estimate of drug-likeness (QED) is 0.566. The number of hydrogen-bond donors (Lipinski definition) is 3. The number of amides is 2. The van der Waals surface area contributed by atoms with Crippen molar-refractivity contribution >= 4 is 34.0 Å². The second-order valence-corrected chi connectivity index (χ2v) is 6.65. The number of nitrogens with one attached hydrogen (secondary N) is 3. The van der Waals surface area contributed by atoms with Crippen LogP contribution in [0.4, 0.5) is 10.8 Å². The Morgan fingerprint density at radius 2 is 1.96 bits per heavy atom. The van der Waals surface area contributed by atoms with Crippen LogP contribution in [0.3, 0.4) is 0 Å². The van der Waals surface area contributed by atoms with Gasteiger partial charge in [0.25, 0.3) is 11.5 Å². The van der Waals surface area contributed by atoms with Crippen molar-refractivity contribution < 1.29 is 14.3 Å². The lowest BCUT2D eigenvalue weighted by Gasteiger charge is -2.05. The van der Waals surface area contributed by atoms with Crippen molar-refractivity contribution in [3.63, 3.8) is 0 Å². The summed E-state index contributed by atoms with van der Waals surface area (Å²) < 4.78 is 5.08. The molecule has 0 bridgehead atoms. The Bertz CT molecular complexity index is 1030. The summed E-state index contributed by atoms with van der Waals surface area (Å²) in [5.74, 6) is 0.0483. The fraction of sp³-hybridized carbons (Fsp3) is 0.158. The minimum Gasteiger partial charge on any atom is -0.497 e. The highest BCUT2D eigenvalue weighted by molar-refractivity contribution is 7.14. The van der Waals surface area contributed by atoms with Crippen LogP contribution in [0, 0.1) is 0 Å². The van der Waals surface area contributed by atoms with Crippen molar-refractivity contribution in [1.82, 2.24) is 9.97 Å². The van der Waals surface area contributed by atoms with Crippen molar-refractivity contribution in [1.29, 1.82) is 0 Å². The molecular weight excluding hydrogens is 380 g/mol. The van der Waals surface area contributed by atoms with Gasteiger partial charge in [-0.15, -0.1) is 11.3 Å². The highest BCUT2D eigenvalue weighted by Gasteiger charge is 2.12. The Labute approximate surface area is 164 Å². The van der Waals surface area contributed by atoms with Crippen LogP contribution >= 0.6 is 11.3 Å². The molecule has 0 saturated heterocycles. The molecule has 1 aromatic carbocycles. The molecule has 0 aliphatic rings. The fourth-order valence-corrected chi connectivity index (χ4v) is 3.12. The number of methoxy groups -OCH3 is 1. The molecule has 0 aliphatic heterocycles. The number of hydrogen-bond acceptors (Lipinski definition) is 6. The average molecular weight is 398 g/mol.